The molecule has 0 radical (unpaired) electrons. The molecule has 0 saturated heterocycles. The molecule has 1 aliphatic rings. The van der Waals surface area contributed by atoms with Gasteiger partial charge in [-0.3, -0.25) is 4.79 Å². The highest BCUT2D eigenvalue weighted by Crippen LogP contribution is 2.38. The van der Waals surface area contributed by atoms with Crippen molar-refractivity contribution in [3.05, 3.63) is 23.8 Å². The van der Waals surface area contributed by atoms with Gasteiger partial charge in [-0.15, -0.1) is 0 Å². The van der Waals surface area contributed by atoms with E-state index in [9.17, 15) is 9.90 Å². The molecule has 3 atom stereocenters. The molecule has 0 heterocycles. The lowest BCUT2D eigenvalue weighted by Crippen LogP contribution is -2.49. The monoisotopic (exact) mass is 520 g/mol. The summed E-state index contributed by atoms with van der Waals surface area (Å²) in [5.74, 6) is 2.51. The fraction of sp³-hybridized carbons (Fsp3) is 0.767. The van der Waals surface area contributed by atoms with Crippen LogP contribution < -0.4 is 20.5 Å². The lowest BCUT2D eigenvalue weighted by Gasteiger charge is -2.36. The van der Waals surface area contributed by atoms with Crippen molar-refractivity contribution >= 4 is 5.91 Å². The summed E-state index contributed by atoms with van der Waals surface area (Å²) in [7, 11) is 3.32. The summed E-state index contributed by atoms with van der Waals surface area (Å²) in [5, 5.41) is 13.8. The van der Waals surface area contributed by atoms with E-state index in [4.69, 9.17) is 19.9 Å². The first kappa shape index (κ1) is 31.4. The minimum absolute atomic E-state index is 0.0160. The van der Waals surface area contributed by atoms with Crippen LogP contribution >= 0.6 is 0 Å². The Morgan fingerprint density at radius 2 is 1.84 bits per heavy atom. The Kier molecular flexibility index (Phi) is 13.2. The fourth-order valence-electron chi connectivity index (χ4n) is 5.33. The average molecular weight is 521 g/mol. The number of amides is 1. The van der Waals surface area contributed by atoms with Crippen molar-refractivity contribution in [2.45, 2.75) is 91.2 Å². The maximum atomic E-state index is 13.0. The van der Waals surface area contributed by atoms with Crippen molar-refractivity contribution < 1.29 is 24.1 Å². The molecule has 212 valence electrons. The molecule has 1 aromatic carbocycles. The molecule has 0 aromatic heterocycles. The van der Waals surface area contributed by atoms with Crippen LogP contribution in [0.25, 0.3) is 0 Å². The van der Waals surface area contributed by atoms with E-state index >= 15 is 0 Å². The fourth-order valence-corrected chi connectivity index (χ4v) is 5.33. The summed E-state index contributed by atoms with van der Waals surface area (Å²) in [6, 6.07) is 5.62. The molecule has 0 aliphatic heterocycles. The van der Waals surface area contributed by atoms with E-state index in [1.165, 1.54) is 19.3 Å². The lowest BCUT2D eigenvalue weighted by molar-refractivity contribution is -0.133. The first-order chi connectivity index (χ1) is 17.6. The van der Waals surface area contributed by atoms with E-state index in [0.29, 0.717) is 37.2 Å². The maximum Gasteiger partial charge on any atom is 0.226 e. The molecule has 37 heavy (non-hydrogen) atoms. The number of benzene rings is 1. The summed E-state index contributed by atoms with van der Waals surface area (Å²) in [4.78, 5) is 13.0. The number of rotatable bonds is 16. The number of aliphatic hydroxyl groups excluding tert-OH is 1. The predicted octanol–water partition coefficient (Wildman–Crippen LogP) is 4.73. The van der Waals surface area contributed by atoms with Gasteiger partial charge < -0.3 is 30.4 Å². The Balaban J connectivity index is 1.94. The third kappa shape index (κ3) is 9.77. The molecule has 1 aliphatic carbocycles. The molecule has 7 heteroatoms. The summed E-state index contributed by atoms with van der Waals surface area (Å²) in [5.41, 5.74) is 7.18. The van der Waals surface area contributed by atoms with Gasteiger partial charge in [0.2, 0.25) is 5.91 Å². The summed E-state index contributed by atoms with van der Waals surface area (Å²) < 4.78 is 16.5. The second-order valence-electron chi connectivity index (χ2n) is 11.6. The molecule has 0 bridgehead atoms. The van der Waals surface area contributed by atoms with Crippen LogP contribution in [-0.4, -0.2) is 57.1 Å². The van der Waals surface area contributed by atoms with Crippen molar-refractivity contribution in [3.8, 4) is 11.5 Å². The average Bonchev–Trinajstić information content (AvgIpc) is 2.89. The van der Waals surface area contributed by atoms with Gasteiger partial charge in [0.25, 0.3) is 0 Å². The molecule has 1 amide bonds. The molecule has 1 saturated carbocycles. The number of carbonyl (C=O) groups excluding carboxylic acids is 1. The van der Waals surface area contributed by atoms with Crippen LogP contribution in [0, 0.1) is 23.2 Å². The molecular weight excluding hydrogens is 468 g/mol. The van der Waals surface area contributed by atoms with Crippen LogP contribution in [0.2, 0.25) is 0 Å². The van der Waals surface area contributed by atoms with Gasteiger partial charge in [0, 0.05) is 38.1 Å². The third-order valence-corrected chi connectivity index (χ3v) is 8.17. The Morgan fingerprint density at radius 3 is 2.46 bits per heavy atom. The zero-order valence-corrected chi connectivity index (χ0v) is 24.1. The zero-order valence-electron chi connectivity index (χ0n) is 24.1. The van der Waals surface area contributed by atoms with Crippen molar-refractivity contribution in [2.24, 2.45) is 28.9 Å². The van der Waals surface area contributed by atoms with Gasteiger partial charge in [-0.05, 0) is 61.1 Å². The SMILES string of the molecule is COCCCOc1cc(C[C@@H](C[C@H](N)[C@@H](O)CNC(=O)C(C)(C)C2CCCCC2)C(C)C)ccc1OC. The summed E-state index contributed by atoms with van der Waals surface area (Å²) >= 11 is 0. The Hall–Kier alpha value is -1.83. The second-order valence-corrected chi connectivity index (χ2v) is 11.6. The van der Waals surface area contributed by atoms with Crippen molar-refractivity contribution in [2.75, 3.05) is 34.0 Å². The van der Waals surface area contributed by atoms with E-state index in [0.717, 1.165) is 37.0 Å². The minimum Gasteiger partial charge on any atom is -0.493 e. The standard InChI is InChI=1S/C30H52N2O5/c1-21(2)23(17-22-13-14-27(36-6)28(18-22)37-16-10-15-35-5)19-25(31)26(33)20-32-29(34)30(3,4)24-11-8-7-9-12-24/h13-14,18,21,23-26,33H,7-12,15-17,19-20,31H2,1-6H3,(H,32,34)/t23-,25-,26-/m0/s1. The van der Waals surface area contributed by atoms with Gasteiger partial charge in [-0.25, -0.2) is 0 Å². The van der Waals surface area contributed by atoms with E-state index < -0.39 is 17.6 Å². The van der Waals surface area contributed by atoms with Crippen LogP contribution in [0.5, 0.6) is 11.5 Å². The van der Waals surface area contributed by atoms with E-state index in [1.807, 2.05) is 26.0 Å². The van der Waals surface area contributed by atoms with Gasteiger partial charge in [0.05, 0.1) is 19.8 Å². The first-order valence-corrected chi connectivity index (χ1v) is 14.1. The van der Waals surface area contributed by atoms with Gasteiger partial charge >= 0.3 is 0 Å². The quantitative estimate of drug-likeness (QED) is 0.272. The first-order valence-electron chi connectivity index (χ1n) is 14.1. The maximum absolute atomic E-state index is 13.0. The van der Waals surface area contributed by atoms with Gasteiger partial charge in [0.1, 0.15) is 0 Å². The van der Waals surface area contributed by atoms with Gasteiger partial charge in [0.15, 0.2) is 11.5 Å². The number of nitrogens with two attached hydrogens (primary N) is 1. The molecule has 1 aromatic rings. The lowest BCUT2D eigenvalue weighted by atomic mass is 9.70. The van der Waals surface area contributed by atoms with Crippen LogP contribution in [-0.2, 0) is 16.0 Å². The largest absolute Gasteiger partial charge is 0.493 e. The number of aliphatic hydroxyl groups is 1. The highest BCUT2D eigenvalue weighted by Gasteiger charge is 2.37. The molecular formula is C30H52N2O5. The molecule has 1 fully saturated rings. The highest BCUT2D eigenvalue weighted by molar-refractivity contribution is 5.82. The van der Waals surface area contributed by atoms with Crippen molar-refractivity contribution in [1.82, 2.24) is 5.32 Å². The highest BCUT2D eigenvalue weighted by atomic mass is 16.5. The zero-order chi connectivity index (χ0) is 27.4. The van der Waals surface area contributed by atoms with Crippen LogP contribution in [0.3, 0.4) is 0 Å². The van der Waals surface area contributed by atoms with Crippen LogP contribution in [0.4, 0.5) is 0 Å². The second kappa shape index (κ2) is 15.6. The topological polar surface area (TPSA) is 103 Å². The number of methoxy groups -OCH3 is 2. The van der Waals surface area contributed by atoms with Crippen molar-refractivity contribution in [1.29, 1.82) is 0 Å². The number of carbonyl (C=O) groups is 1. The van der Waals surface area contributed by atoms with E-state index in [-0.39, 0.29) is 18.4 Å². The molecule has 2 rings (SSSR count). The minimum atomic E-state index is -0.789. The number of ether oxygens (including phenoxy) is 3. The summed E-state index contributed by atoms with van der Waals surface area (Å²) in [6.45, 7) is 9.82. The number of hydrogen-bond acceptors (Lipinski definition) is 6. The van der Waals surface area contributed by atoms with E-state index in [2.05, 4.69) is 25.2 Å². The Bertz CT molecular complexity index is 807. The summed E-state index contributed by atoms with van der Waals surface area (Å²) in [6.07, 6.45) is 7.35. The Morgan fingerprint density at radius 1 is 1.14 bits per heavy atom. The molecule has 7 nitrogen and oxygen atoms in total. The molecule has 4 N–H and O–H groups in total. The number of nitrogens with one attached hydrogen (secondary N) is 1. The van der Waals surface area contributed by atoms with Crippen LogP contribution in [0.15, 0.2) is 18.2 Å². The Labute approximate surface area is 224 Å². The van der Waals surface area contributed by atoms with E-state index in [1.54, 1.807) is 14.2 Å². The normalized spacial score (nSPS) is 17.3. The van der Waals surface area contributed by atoms with Gasteiger partial charge in [-0.1, -0.05) is 53.0 Å². The molecule has 0 unspecified atom stereocenters. The van der Waals surface area contributed by atoms with Crippen molar-refractivity contribution in [3.63, 3.8) is 0 Å². The smallest absolute Gasteiger partial charge is 0.226 e. The van der Waals surface area contributed by atoms with Crippen LogP contribution in [0.1, 0.15) is 78.2 Å². The third-order valence-electron chi connectivity index (χ3n) is 8.17. The number of hydrogen-bond donors (Lipinski definition) is 3. The predicted molar refractivity (Wildman–Crippen MR) is 149 cm³/mol. The van der Waals surface area contributed by atoms with Gasteiger partial charge in [-0.2, -0.15) is 0 Å². The molecule has 0 spiro atoms.